The Balaban J connectivity index is 1.84. The number of sulfonamides is 2. The molecule has 0 heterocycles. The van der Waals surface area contributed by atoms with Gasteiger partial charge in [0.1, 0.15) is 0 Å². The molecule has 0 fully saturated rings. The van der Waals surface area contributed by atoms with Crippen LogP contribution in [0.4, 0.5) is 11.4 Å². The second-order valence-corrected chi connectivity index (χ2v) is 10.2. The minimum atomic E-state index is -3.94. The molecule has 7 nitrogen and oxygen atoms in total. The summed E-state index contributed by atoms with van der Waals surface area (Å²) in [5.74, 6) is 0. The predicted octanol–water partition coefficient (Wildman–Crippen LogP) is 3.92. The number of nitriles is 1. The van der Waals surface area contributed by atoms with E-state index in [0.717, 1.165) is 4.47 Å². The first-order chi connectivity index (χ1) is 13.7. The Morgan fingerprint density at radius 1 is 0.724 bits per heavy atom. The zero-order valence-electron chi connectivity index (χ0n) is 14.7. The summed E-state index contributed by atoms with van der Waals surface area (Å²) in [5, 5.41) is 8.81. The van der Waals surface area contributed by atoms with Crippen molar-refractivity contribution < 1.29 is 16.8 Å². The number of hydrogen-bond donors (Lipinski definition) is 2. The van der Waals surface area contributed by atoms with Crippen LogP contribution in [0, 0.1) is 11.3 Å². The Morgan fingerprint density at radius 2 is 1.31 bits per heavy atom. The van der Waals surface area contributed by atoms with E-state index >= 15 is 0 Å². The molecule has 0 aromatic heterocycles. The van der Waals surface area contributed by atoms with Crippen LogP contribution in [0.2, 0.25) is 0 Å². The summed E-state index contributed by atoms with van der Waals surface area (Å²) in [7, 11) is -7.86. The molecule has 3 rings (SSSR count). The van der Waals surface area contributed by atoms with Gasteiger partial charge in [0.2, 0.25) is 0 Å². The van der Waals surface area contributed by atoms with Gasteiger partial charge in [-0.15, -0.1) is 0 Å². The lowest BCUT2D eigenvalue weighted by Gasteiger charge is -2.11. The highest BCUT2D eigenvalue weighted by Crippen LogP contribution is 2.22. The van der Waals surface area contributed by atoms with Gasteiger partial charge < -0.3 is 0 Å². The third kappa shape index (κ3) is 5.14. The monoisotopic (exact) mass is 491 g/mol. The van der Waals surface area contributed by atoms with Crippen molar-refractivity contribution in [1.82, 2.24) is 0 Å². The average Bonchev–Trinajstić information content (AvgIpc) is 2.69. The maximum absolute atomic E-state index is 12.6. The molecule has 0 spiro atoms. The number of nitrogens with one attached hydrogen (secondary N) is 2. The summed E-state index contributed by atoms with van der Waals surface area (Å²) in [6.07, 6.45) is 0. The molecule has 0 aliphatic heterocycles. The number of anilines is 2. The van der Waals surface area contributed by atoms with Gasteiger partial charge in [-0.25, -0.2) is 16.8 Å². The Labute approximate surface area is 177 Å². The second kappa shape index (κ2) is 8.24. The van der Waals surface area contributed by atoms with Crippen molar-refractivity contribution in [3.05, 3.63) is 82.8 Å². The highest BCUT2D eigenvalue weighted by Gasteiger charge is 2.18. The smallest absolute Gasteiger partial charge is 0.261 e. The van der Waals surface area contributed by atoms with Crippen LogP contribution in [-0.4, -0.2) is 16.8 Å². The third-order valence-electron chi connectivity index (χ3n) is 3.79. The van der Waals surface area contributed by atoms with Crippen molar-refractivity contribution in [2.75, 3.05) is 9.44 Å². The van der Waals surface area contributed by atoms with Gasteiger partial charge in [-0.2, -0.15) is 5.26 Å². The molecule has 0 radical (unpaired) electrons. The van der Waals surface area contributed by atoms with Crippen LogP contribution in [0.15, 0.2) is 87.1 Å². The molecule has 10 heteroatoms. The second-order valence-electron chi connectivity index (χ2n) is 5.88. The summed E-state index contributed by atoms with van der Waals surface area (Å²) in [4.78, 5) is -0.141. The van der Waals surface area contributed by atoms with E-state index in [4.69, 9.17) is 5.26 Å². The highest BCUT2D eigenvalue weighted by atomic mass is 79.9. The Bertz CT molecular complexity index is 1280. The van der Waals surface area contributed by atoms with Gasteiger partial charge in [0.05, 0.1) is 27.1 Å². The fraction of sp³-hybridized carbons (Fsp3) is 0. The molecule has 0 unspecified atom stereocenters. The van der Waals surface area contributed by atoms with Crippen molar-refractivity contribution >= 4 is 47.4 Å². The minimum absolute atomic E-state index is 0.0438. The van der Waals surface area contributed by atoms with Crippen molar-refractivity contribution in [1.29, 1.82) is 5.26 Å². The number of nitrogens with zero attached hydrogens (tertiary/aromatic N) is 1. The molecule has 3 aromatic carbocycles. The summed E-state index contributed by atoms with van der Waals surface area (Å²) >= 11 is 3.28. The van der Waals surface area contributed by atoms with E-state index in [1.165, 1.54) is 48.5 Å². The third-order valence-corrected chi connectivity index (χ3v) is 7.09. The van der Waals surface area contributed by atoms with E-state index in [0.29, 0.717) is 11.3 Å². The molecule has 148 valence electrons. The summed E-state index contributed by atoms with van der Waals surface area (Å²) < 4.78 is 55.9. The molecular formula is C19H14BrN3O4S2. The van der Waals surface area contributed by atoms with Crippen molar-refractivity contribution in [2.45, 2.75) is 9.79 Å². The van der Waals surface area contributed by atoms with Crippen LogP contribution >= 0.6 is 15.9 Å². The zero-order valence-corrected chi connectivity index (χ0v) is 17.9. The van der Waals surface area contributed by atoms with Crippen LogP contribution in [0.5, 0.6) is 0 Å². The maximum Gasteiger partial charge on any atom is 0.261 e. The van der Waals surface area contributed by atoms with E-state index in [1.54, 1.807) is 24.3 Å². The minimum Gasteiger partial charge on any atom is -0.280 e. The molecule has 0 saturated carbocycles. The molecule has 0 saturated heterocycles. The van der Waals surface area contributed by atoms with Crippen molar-refractivity contribution in [3.63, 3.8) is 0 Å². The van der Waals surface area contributed by atoms with Crippen LogP contribution in [-0.2, 0) is 20.0 Å². The first-order valence-corrected chi connectivity index (χ1v) is 11.9. The van der Waals surface area contributed by atoms with Gasteiger partial charge >= 0.3 is 0 Å². The largest absolute Gasteiger partial charge is 0.280 e. The van der Waals surface area contributed by atoms with Gasteiger partial charge in [0.25, 0.3) is 20.0 Å². The standard InChI is InChI=1S/C19H14BrN3O4S2/c20-15-6-8-16(9-7-15)22-29(26,27)19-3-1-2-17(12-19)23-28(24,25)18-10-4-14(13-21)5-11-18/h1-12,22-23H. The fourth-order valence-electron chi connectivity index (χ4n) is 2.38. The van der Waals surface area contributed by atoms with Gasteiger partial charge in [0.15, 0.2) is 0 Å². The van der Waals surface area contributed by atoms with Crippen molar-refractivity contribution in [3.8, 4) is 6.07 Å². The summed E-state index contributed by atoms with van der Waals surface area (Å²) in [6, 6.07) is 19.3. The van der Waals surface area contributed by atoms with Crippen molar-refractivity contribution in [2.24, 2.45) is 0 Å². The molecule has 0 amide bonds. The zero-order chi connectivity index (χ0) is 21.1. The number of hydrogen-bond acceptors (Lipinski definition) is 5. The highest BCUT2D eigenvalue weighted by molar-refractivity contribution is 9.10. The molecule has 0 atom stereocenters. The molecule has 29 heavy (non-hydrogen) atoms. The number of halogens is 1. The van der Waals surface area contributed by atoms with E-state index in [-0.39, 0.29) is 15.5 Å². The lowest BCUT2D eigenvalue weighted by Crippen LogP contribution is -2.15. The topological polar surface area (TPSA) is 116 Å². The van der Waals surface area contributed by atoms with E-state index in [2.05, 4.69) is 25.4 Å². The lowest BCUT2D eigenvalue weighted by atomic mass is 10.2. The van der Waals surface area contributed by atoms with Crippen LogP contribution in [0.1, 0.15) is 5.56 Å². The Morgan fingerprint density at radius 3 is 1.93 bits per heavy atom. The SMILES string of the molecule is N#Cc1ccc(S(=O)(=O)Nc2cccc(S(=O)(=O)Nc3ccc(Br)cc3)c2)cc1. The Kier molecular flexibility index (Phi) is 5.93. The van der Waals surface area contributed by atoms with Gasteiger partial charge in [-0.3, -0.25) is 9.44 Å². The quantitative estimate of drug-likeness (QED) is 0.541. The molecule has 0 aliphatic rings. The van der Waals surface area contributed by atoms with Crippen LogP contribution in [0.25, 0.3) is 0 Å². The predicted molar refractivity (Wildman–Crippen MR) is 113 cm³/mol. The molecule has 2 N–H and O–H groups in total. The molecule has 0 aliphatic carbocycles. The fourth-order valence-corrected chi connectivity index (χ4v) is 4.80. The van der Waals surface area contributed by atoms with E-state index in [1.807, 2.05) is 6.07 Å². The van der Waals surface area contributed by atoms with Crippen LogP contribution < -0.4 is 9.44 Å². The molecule has 3 aromatic rings. The maximum atomic E-state index is 12.6. The van der Waals surface area contributed by atoms with Gasteiger partial charge in [-0.05, 0) is 66.7 Å². The number of benzene rings is 3. The lowest BCUT2D eigenvalue weighted by molar-refractivity contribution is 0.598. The van der Waals surface area contributed by atoms with Gasteiger partial charge in [-0.1, -0.05) is 22.0 Å². The summed E-state index contributed by atoms with van der Waals surface area (Å²) in [5.41, 5.74) is 0.792. The first kappa shape index (κ1) is 20.9. The Hall–Kier alpha value is -2.87. The van der Waals surface area contributed by atoms with E-state index < -0.39 is 20.0 Å². The van der Waals surface area contributed by atoms with E-state index in [9.17, 15) is 16.8 Å². The number of rotatable bonds is 6. The van der Waals surface area contributed by atoms with Crippen LogP contribution in [0.3, 0.4) is 0 Å². The molecule has 0 bridgehead atoms. The summed E-state index contributed by atoms with van der Waals surface area (Å²) in [6.45, 7) is 0. The van der Waals surface area contributed by atoms with Gasteiger partial charge in [0, 0.05) is 10.2 Å². The normalized spacial score (nSPS) is 11.4. The average molecular weight is 492 g/mol. The molecular weight excluding hydrogens is 478 g/mol. The first-order valence-electron chi connectivity index (χ1n) is 8.11.